The number of oxazole rings is 1. The van der Waals surface area contributed by atoms with Gasteiger partial charge in [-0.25, -0.2) is 4.98 Å². The summed E-state index contributed by atoms with van der Waals surface area (Å²) in [6.45, 7) is 7.14. The number of carbonyl (C=O) groups is 1. The van der Waals surface area contributed by atoms with E-state index in [0.717, 1.165) is 37.4 Å². The van der Waals surface area contributed by atoms with Gasteiger partial charge < -0.3 is 25.3 Å². The zero-order chi connectivity index (χ0) is 21.3. The Morgan fingerprint density at radius 1 is 1.27 bits per heavy atom. The molecule has 2 aromatic heterocycles. The number of hydrogen-bond acceptors (Lipinski definition) is 8. The first-order chi connectivity index (χ1) is 14.5. The van der Waals surface area contributed by atoms with Crippen LogP contribution in [0.5, 0.6) is 0 Å². The van der Waals surface area contributed by atoms with Crippen LogP contribution in [0, 0.1) is 19.3 Å². The number of anilines is 1. The third-order valence-electron chi connectivity index (χ3n) is 5.12. The van der Waals surface area contributed by atoms with Gasteiger partial charge in [0.05, 0.1) is 11.3 Å². The lowest BCUT2D eigenvalue weighted by Crippen LogP contribution is -2.44. The monoisotopic (exact) mass is 407 g/mol. The van der Waals surface area contributed by atoms with Gasteiger partial charge >= 0.3 is 0 Å². The van der Waals surface area contributed by atoms with Crippen LogP contribution in [0.4, 0.5) is 5.82 Å². The van der Waals surface area contributed by atoms with Crippen molar-refractivity contribution in [2.75, 3.05) is 38.5 Å². The van der Waals surface area contributed by atoms with Crippen molar-refractivity contribution < 1.29 is 9.21 Å². The van der Waals surface area contributed by atoms with Crippen molar-refractivity contribution in [3.8, 4) is 0 Å². The van der Waals surface area contributed by atoms with Crippen LogP contribution < -0.4 is 16.0 Å². The average molecular weight is 407 g/mol. The van der Waals surface area contributed by atoms with Gasteiger partial charge in [-0.05, 0) is 30.7 Å². The number of aryl methyl sites for hydroxylation is 2. The molecule has 2 aromatic rings. The molecule has 9 heteroatoms. The second-order valence-corrected chi connectivity index (χ2v) is 7.26. The predicted octanol–water partition coefficient (Wildman–Crippen LogP) is 1.63. The zero-order valence-corrected chi connectivity index (χ0v) is 17.3. The van der Waals surface area contributed by atoms with Crippen molar-refractivity contribution >= 4 is 28.7 Å². The predicted molar refractivity (Wildman–Crippen MR) is 115 cm³/mol. The molecule has 1 aliphatic carbocycles. The molecular formula is C21H25N7O2. The van der Waals surface area contributed by atoms with Gasteiger partial charge in [0.2, 0.25) is 5.71 Å². The van der Waals surface area contributed by atoms with Gasteiger partial charge in [0.15, 0.2) is 5.89 Å². The fourth-order valence-electron chi connectivity index (χ4n) is 3.68. The Kier molecular flexibility index (Phi) is 5.37. The minimum Gasteiger partial charge on any atom is -0.423 e. The largest absolute Gasteiger partial charge is 0.423 e. The van der Waals surface area contributed by atoms with E-state index in [1.54, 1.807) is 32.3 Å². The number of nitrogens with one attached hydrogen (secondary N) is 4. The summed E-state index contributed by atoms with van der Waals surface area (Å²) in [6, 6.07) is 1.75. The smallest absolute Gasteiger partial charge is 0.259 e. The Morgan fingerprint density at radius 2 is 2.03 bits per heavy atom. The molecule has 0 unspecified atom stereocenters. The maximum absolute atomic E-state index is 13.0. The molecule has 3 heterocycles. The summed E-state index contributed by atoms with van der Waals surface area (Å²) in [4.78, 5) is 23.8. The van der Waals surface area contributed by atoms with E-state index in [0.29, 0.717) is 28.5 Å². The molecular weight excluding hydrogens is 382 g/mol. The molecule has 1 aliphatic heterocycles. The Bertz CT molecular complexity index is 1100. The third kappa shape index (κ3) is 3.71. The zero-order valence-electron chi connectivity index (χ0n) is 17.3. The Balaban J connectivity index is 1.61. The summed E-state index contributed by atoms with van der Waals surface area (Å²) >= 11 is 0. The van der Waals surface area contributed by atoms with Crippen molar-refractivity contribution in [2.24, 2.45) is 0 Å². The topological polar surface area (TPSA) is 119 Å². The number of fused-ring (bicyclic) bond motifs is 1. The number of amides is 1. The molecule has 1 amide bonds. The Hall–Kier alpha value is -3.46. The third-order valence-corrected chi connectivity index (χ3v) is 5.12. The lowest BCUT2D eigenvalue weighted by Gasteiger charge is -2.34. The molecule has 0 radical (unpaired) electrons. The van der Waals surface area contributed by atoms with Gasteiger partial charge in [0, 0.05) is 57.6 Å². The Labute approximate surface area is 174 Å². The van der Waals surface area contributed by atoms with Crippen LogP contribution in [0.25, 0.3) is 11.2 Å². The van der Waals surface area contributed by atoms with E-state index in [9.17, 15) is 4.79 Å². The molecule has 4 rings (SSSR count). The van der Waals surface area contributed by atoms with Crippen LogP contribution >= 0.6 is 0 Å². The molecule has 9 nitrogen and oxygen atoms in total. The minimum absolute atomic E-state index is 0.172. The molecule has 0 atom stereocenters. The number of allylic oxidation sites excluding steroid dienone is 3. The highest BCUT2D eigenvalue weighted by Gasteiger charge is 2.27. The molecule has 1 fully saturated rings. The van der Waals surface area contributed by atoms with Gasteiger partial charge in [0.1, 0.15) is 11.3 Å². The van der Waals surface area contributed by atoms with E-state index in [1.807, 2.05) is 13.0 Å². The lowest BCUT2D eigenvalue weighted by atomic mass is 9.93. The van der Waals surface area contributed by atoms with Crippen LogP contribution in [-0.2, 0) is 4.79 Å². The van der Waals surface area contributed by atoms with Crippen molar-refractivity contribution in [2.45, 2.75) is 13.8 Å². The van der Waals surface area contributed by atoms with Gasteiger partial charge in [0.25, 0.3) is 5.91 Å². The first-order valence-corrected chi connectivity index (χ1v) is 9.89. The van der Waals surface area contributed by atoms with E-state index in [2.05, 4.69) is 30.8 Å². The summed E-state index contributed by atoms with van der Waals surface area (Å²) < 4.78 is 5.50. The molecule has 0 spiro atoms. The van der Waals surface area contributed by atoms with E-state index in [4.69, 9.17) is 9.83 Å². The highest BCUT2D eigenvalue weighted by Crippen LogP contribution is 2.26. The first-order valence-electron chi connectivity index (χ1n) is 9.89. The van der Waals surface area contributed by atoms with E-state index in [1.165, 1.54) is 0 Å². The second kappa shape index (κ2) is 8.11. The van der Waals surface area contributed by atoms with Gasteiger partial charge in [-0.3, -0.25) is 10.2 Å². The summed E-state index contributed by atoms with van der Waals surface area (Å²) in [5, 5.41) is 17.8. The van der Waals surface area contributed by atoms with E-state index in [-0.39, 0.29) is 17.2 Å². The summed E-state index contributed by atoms with van der Waals surface area (Å²) in [5.74, 6) is 0.499. The van der Waals surface area contributed by atoms with E-state index >= 15 is 0 Å². The van der Waals surface area contributed by atoms with Gasteiger partial charge in [-0.2, -0.15) is 4.98 Å². The fraction of sp³-hybridized carbons (Fsp3) is 0.333. The van der Waals surface area contributed by atoms with Crippen LogP contribution in [0.1, 0.15) is 11.5 Å². The molecule has 30 heavy (non-hydrogen) atoms. The number of aromatic nitrogens is 2. The summed E-state index contributed by atoms with van der Waals surface area (Å²) in [7, 11) is 1.79. The van der Waals surface area contributed by atoms with Crippen molar-refractivity contribution in [1.82, 2.24) is 25.5 Å². The molecule has 0 bridgehead atoms. The van der Waals surface area contributed by atoms with Gasteiger partial charge in [-0.15, -0.1) is 0 Å². The normalized spacial score (nSPS) is 18.4. The number of carbonyl (C=O) groups excluding carboxylic acids is 1. The molecule has 1 saturated heterocycles. The standard InChI is InChI=1S/C21H25N7O2/c1-12-10-17(27-21-19(12)25-13(2)30-21)26-20(29)14-4-5-16(15(11-23-3)18(14)22)28-8-6-24-7-9-28/h4-5,10-11,22-24H,6-9H2,1-3H3,(H,26,27,29)/b15-11-,22-18?. The fourth-order valence-corrected chi connectivity index (χ4v) is 3.68. The SMILES string of the molecule is CN/C=C1\C(=N)C(C(=O)Nc2cc(C)c3nc(C)oc3n2)=CC=C1N1CCNCC1. The van der Waals surface area contributed by atoms with Crippen molar-refractivity contribution in [1.29, 1.82) is 5.41 Å². The molecule has 4 N–H and O–H groups in total. The van der Waals surface area contributed by atoms with Gasteiger partial charge in [-0.1, -0.05) is 0 Å². The average Bonchev–Trinajstić information content (AvgIpc) is 3.11. The lowest BCUT2D eigenvalue weighted by molar-refractivity contribution is -0.112. The molecule has 0 aromatic carbocycles. The molecule has 156 valence electrons. The number of rotatable bonds is 4. The first kappa shape index (κ1) is 19.8. The highest BCUT2D eigenvalue weighted by atomic mass is 16.4. The summed E-state index contributed by atoms with van der Waals surface area (Å²) in [5.41, 5.74) is 4.01. The van der Waals surface area contributed by atoms with Crippen LogP contribution in [0.3, 0.4) is 0 Å². The summed E-state index contributed by atoms with van der Waals surface area (Å²) in [6.07, 6.45) is 5.37. The highest BCUT2D eigenvalue weighted by molar-refractivity contribution is 6.31. The van der Waals surface area contributed by atoms with Crippen molar-refractivity contribution in [3.05, 3.63) is 52.7 Å². The van der Waals surface area contributed by atoms with Crippen LogP contribution in [0.15, 0.2) is 45.7 Å². The number of pyridine rings is 1. The van der Waals surface area contributed by atoms with Crippen LogP contribution in [0.2, 0.25) is 0 Å². The molecule has 0 saturated carbocycles. The van der Waals surface area contributed by atoms with E-state index < -0.39 is 0 Å². The number of piperazine rings is 1. The number of hydrogen-bond donors (Lipinski definition) is 4. The maximum atomic E-state index is 13.0. The minimum atomic E-state index is -0.389. The number of nitrogens with zero attached hydrogens (tertiary/aromatic N) is 3. The second-order valence-electron chi connectivity index (χ2n) is 7.26. The van der Waals surface area contributed by atoms with Crippen LogP contribution in [-0.4, -0.2) is 59.7 Å². The quantitative estimate of drug-likeness (QED) is 0.608. The Morgan fingerprint density at radius 3 is 2.77 bits per heavy atom. The maximum Gasteiger partial charge on any atom is 0.259 e. The van der Waals surface area contributed by atoms with Crippen molar-refractivity contribution in [3.63, 3.8) is 0 Å². The molecule has 2 aliphatic rings.